The van der Waals surface area contributed by atoms with E-state index >= 15 is 0 Å². The second kappa shape index (κ2) is 6.84. The number of carbonyl (C=O) groups is 1. The van der Waals surface area contributed by atoms with Crippen molar-refractivity contribution in [3.63, 3.8) is 0 Å². The third-order valence-corrected chi connectivity index (χ3v) is 4.67. The van der Waals surface area contributed by atoms with E-state index in [9.17, 15) is 4.79 Å². The number of thiazole rings is 1. The number of benzene rings is 2. The Bertz CT molecular complexity index is 905. The van der Waals surface area contributed by atoms with E-state index in [2.05, 4.69) is 10.3 Å². The first-order valence-corrected chi connectivity index (χ1v) is 8.37. The predicted octanol–water partition coefficient (Wildman–Crippen LogP) is 4.87. The van der Waals surface area contributed by atoms with Crippen LogP contribution >= 0.6 is 34.5 Å². The molecule has 8 heteroatoms. The van der Waals surface area contributed by atoms with Crippen LogP contribution in [-0.2, 0) is 0 Å². The molecule has 0 aliphatic heterocycles. The predicted molar refractivity (Wildman–Crippen MR) is 97.1 cm³/mol. The average molecular weight is 383 g/mol. The number of nitrogens with zero attached hydrogens (tertiary/aromatic N) is 1. The number of carbonyl (C=O) groups excluding carboxylic acids is 1. The first-order valence-electron chi connectivity index (χ1n) is 6.80. The summed E-state index contributed by atoms with van der Waals surface area (Å²) in [5, 5.41) is 4.15. The number of fused-ring (bicyclic) bond motifs is 1. The Morgan fingerprint density at radius 1 is 1.08 bits per heavy atom. The minimum absolute atomic E-state index is 0.325. The van der Waals surface area contributed by atoms with E-state index < -0.39 is 0 Å². The van der Waals surface area contributed by atoms with Gasteiger partial charge in [-0.3, -0.25) is 10.1 Å². The molecule has 0 saturated carbocycles. The van der Waals surface area contributed by atoms with Crippen molar-refractivity contribution in [1.29, 1.82) is 0 Å². The monoisotopic (exact) mass is 382 g/mol. The molecule has 5 nitrogen and oxygen atoms in total. The van der Waals surface area contributed by atoms with E-state index in [4.69, 9.17) is 32.7 Å². The van der Waals surface area contributed by atoms with Crippen molar-refractivity contribution in [3.05, 3.63) is 45.9 Å². The lowest BCUT2D eigenvalue weighted by Crippen LogP contribution is -2.12. The van der Waals surface area contributed by atoms with Gasteiger partial charge in [0.2, 0.25) is 0 Å². The van der Waals surface area contributed by atoms with Gasteiger partial charge in [-0.1, -0.05) is 34.5 Å². The van der Waals surface area contributed by atoms with Gasteiger partial charge in [0.05, 0.1) is 23.9 Å². The van der Waals surface area contributed by atoms with Gasteiger partial charge in [0, 0.05) is 16.7 Å². The van der Waals surface area contributed by atoms with Gasteiger partial charge in [0.1, 0.15) is 17.0 Å². The Hall–Kier alpha value is -2.02. The molecule has 0 aliphatic carbocycles. The van der Waals surface area contributed by atoms with Gasteiger partial charge in [-0.05, 0) is 24.3 Å². The van der Waals surface area contributed by atoms with Crippen LogP contribution in [-0.4, -0.2) is 25.1 Å². The molecule has 0 spiro atoms. The van der Waals surface area contributed by atoms with Crippen LogP contribution in [0.1, 0.15) is 10.4 Å². The largest absolute Gasteiger partial charge is 0.497 e. The molecular weight excluding hydrogens is 371 g/mol. The Morgan fingerprint density at radius 3 is 2.38 bits per heavy atom. The van der Waals surface area contributed by atoms with Crippen LogP contribution in [0.15, 0.2) is 30.3 Å². The Labute approximate surface area is 152 Å². The van der Waals surface area contributed by atoms with Crippen molar-refractivity contribution in [2.45, 2.75) is 0 Å². The fourth-order valence-corrected chi connectivity index (χ4v) is 3.70. The van der Waals surface area contributed by atoms with Gasteiger partial charge in [0.25, 0.3) is 5.91 Å². The summed E-state index contributed by atoms with van der Waals surface area (Å²) in [5.74, 6) is 0.728. The molecule has 0 aliphatic rings. The van der Waals surface area contributed by atoms with Crippen LogP contribution in [0.25, 0.3) is 10.2 Å². The molecule has 0 atom stereocenters. The van der Waals surface area contributed by atoms with Gasteiger partial charge in [0.15, 0.2) is 5.13 Å². The molecule has 1 amide bonds. The number of methoxy groups -OCH3 is 2. The number of aromatic nitrogens is 1. The molecule has 0 radical (unpaired) electrons. The summed E-state index contributed by atoms with van der Waals surface area (Å²) in [4.78, 5) is 16.8. The van der Waals surface area contributed by atoms with Gasteiger partial charge >= 0.3 is 0 Å². The molecule has 0 fully saturated rings. The second-order valence-electron chi connectivity index (χ2n) is 4.81. The van der Waals surface area contributed by atoms with Crippen molar-refractivity contribution in [2.75, 3.05) is 19.5 Å². The Morgan fingerprint density at radius 2 is 1.75 bits per heavy atom. The zero-order chi connectivity index (χ0) is 17.3. The summed E-state index contributed by atoms with van der Waals surface area (Å²) < 4.78 is 11.1. The van der Waals surface area contributed by atoms with E-state index in [1.54, 1.807) is 30.3 Å². The van der Waals surface area contributed by atoms with Crippen LogP contribution in [0.5, 0.6) is 11.5 Å². The lowest BCUT2D eigenvalue weighted by atomic mass is 10.2. The first-order chi connectivity index (χ1) is 11.5. The quantitative estimate of drug-likeness (QED) is 0.698. The van der Waals surface area contributed by atoms with Crippen molar-refractivity contribution >= 4 is 55.8 Å². The smallest absolute Gasteiger partial charge is 0.257 e. The van der Waals surface area contributed by atoms with Gasteiger partial charge in [-0.25, -0.2) is 4.98 Å². The lowest BCUT2D eigenvalue weighted by molar-refractivity contribution is 0.102. The topological polar surface area (TPSA) is 60.5 Å². The van der Waals surface area contributed by atoms with Crippen molar-refractivity contribution < 1.29 is 14.3 Å². The van der Waals surface area contributed by atoms with Gasteiger partial charge < -0.3 is 9.47 Å². The molecule has 2 aromatic carbocycles. The molecule has 3 aromatic rings. The fourth-order valence-electron chi connectivity index (χ4n) is 2.12. The number of amides is 1. The van der Waals surface area contributed by atoms with E-state index in [-0.39, 0.29) is 5.91 Å². The number of ether oxygens (including phenoxy) is 2. The maximum Gasteiger partial charge on any atom is 0.257 e. The standard InChI is InChI=1S/C16H12Cl2N2O3S/c1-22-10-3-8(4-11(7-10)23-2)15(21)20-16-19-14-12(18)5-9(17)6-13(14)24-16/h3-7H,1-2H3,(H,19,20,21). The summed E-state index contributed by atoms with van der Waals surface area (Å²) in [6.45, 7) is 0. The lowest BCUT2D eigenvalue weighted by Gasteiger charge is -2.07. The van der Waals surface area contributed by atoms with E-state index in [1.807, 2.05) is 0 Å². The molecule has 3 rings (SSSR count). The highest BCUT2D eigenvalue weighted by Crippen LogP contribution is 2.34. The zero-order valence-electron chi connectivity index (χ0n) is 12.7. The molecule has 0 bridgehead atoms. The molecule has 24 heavy (non-hydrogen) atoms. The maximum atomic E-state index is 12.5. The van der Waals surface area contributed by atoms with Crippen LogP contribution < -0.4 is 14.8 Å². The SMILES string of the molecule is COc1cc(OC)cc(C(=O)Nc2nc3c(Cl)cc(Cl)cc3s2)c1. The summed E-state index contributed by atoms with van der Waals surface area (Å²) >= 11 is 13.4. The number of halogens is 2. The van der Waals surface area contributed by atoms with Crippen molar-refractivity contribution in [3.8, 4) is 11.5 Å². The molecule has 0 unspecified atom stereocenters. The fraction of sp³-hybridized carbons (Fsp3) is 0.125. The highest BCUT2D eigenvalue weighted by Gasteiger charge is 2.14. The number of hydrogen-bond donors (Lipinski definition) is 1. The number of anilines is 1. The van der Waals surface area contributed by atoms with Crippen molar-refractivity contribution in [2.24, 2.45) is 0 Å². The summed E-state index contributed by atoms with van der Waals surface area (Å²) in [6, 6.07) is 8.30. The Balaban J connectivity index is 1.91. The van der Waals surface area contributed by atoms with E-state index in [0.29, 0.717) is 37.8 Å². The minimum Gasteiger partial charge on any atom is -0.497 e. The molecular formula is C16H12Cl2N2O3S. The van der Waals surface area contributed by atoms with Crippen LogP contribution in [0.4, 0.5) is 5.13 Å². The third kappa shape index (κ3) is 3.40. The summed E-state index contributed by atoms with van der Waals surface area (Å²) in [6.07, 6.45) is 0. The minimum atomic E-state index is -0.325. The van der Waals surface area contributed by atoms with Crippen LogP contribution in [0.2, 0.25) is 10.0 Å². The third-order valence-electron chi connectivity index (χ3n) is 3.25. The van der Waals surface area contributed by atoms with E-state index in [1.165, 1.54) is 25.6 Å². The molecule has 1 N–H and O–H groups in total. The van der Waals surface area contributed by atoms with Crippen LogP contribution in [0.3, 0.4) is 0 Å². The molecule has 124 valence electrons. The number of nitrogens with one attached hydrogen (secondary N) is 1. The van der Waals surface area contributed by atoms with Gasteiger partial charge in [-0.15, -0.1) is 0 Å². The summed E-state index contributed by atoms with van der Waals surface area (Å²) in [5.41, 5.74) is 0.999. The van der Waals surface area contributed by atoms with Crippen LogP contribution in [0, 0.1) is 0 Å². The maximum absolute atomic E-state index is 12.5. The zero-order valence-corrected chi connectivity index (χ0v) is 15.1. The van der Waals surface area contributed by atoms with Gasteiger partial charge in [-0.2, -0.15) is 0 Å². The number of hydrogen-bond acceptors (Lipinski definition) is 5. The highest BCUT2D eigenvalue weighted by molar-refractivity contribution is 7.22. The van der Waals surface area contributed by atoms with Crippen molar-refractivity contribution in [1.82, 2.24) is 4.98 Å². The Kier molecular flexibility index (Phi) is 4.80. The molecule has 1 heterocycles. The molecule has 1 aromatic heterocycles. The summed E-state index contributed by atoms with van der Waals surface area (Å²) in [7, 11) is 3.05. The number of rotatable bonds is 4. The molecule has 0 saturated heterocycles. The average Bonchev–Trinajstić information content (AvgIpc) is 2.96. The normalized spacial score (nSPS) is 10.7. The first kappa shape index (κ1) is 16.8. The highest BCUT2D eigenvalue weighted by atomic mass is 35.5. The van der Waals surface area contributed by atoms with E-state index in [0.717, 1.165) is 4.70 Å². The second-order valence-corrected chi connectivity index (χ2v) is 6.68.